The summed E-state index contributed by atoms with van der Waals surface area (Å²) < 4.78 is 0. The van der Waals surface area contributed by atoms with Crippen molar-refractivity contribution in [3.8, 4) is 5.75 Å². The number of aromatic hydroxyl groups is 1. The molecule has 1 aromatic carbocycles. The van der Waals surface area contributed by atoms with Crippen LogP contribution in [0.15, 0.2) is 24.3 Å². The lowest BCUT2D eigenvalue weighted by atomic mass is 10.0. The van der Waals surface area contributed by atoms with E-state index in [-0.39, 0.29) is 12.2 Å². The Balaban J connectivity index is 2.95. The van der Waals surface area contributed by atoms with Gasteiger partial charge in [-0.2, -0.15) is 0 Å². The average molecular weight is 524 g/mol. The Morgan fingerprint density at radius 3 is 1.97 bits per heavy atom. The third-order valence-corrected chi connectivity index (χ3v) is 5.56. The monoisotopic (exact) mass is 523 g/mol. The van der Waals surface area contributed by atoms with Gasteiger partial charge >= 0.3 is 11.9 Å². The first-order valence-corrected chi connectivity index (χ1v) is 11.9. The zero-order valence-electron chi connectivity index (χ0n) is 21.0. The van der Waals surface area contributed by atoms with Crippen molar-refractivity contribution in [2.75, 3.05) is 6.54 Å². The summed E-state index contributed by atoms with van der Waals surface area (Å²) in [4.78, 5) is 61.3. The van der Waals surface area contributed by atoms with Gasteiger partial charge in [0.2, 0.25) is 17.7 Å². The molecular weight excluding hydrogens is 486 g/mol. The van der Waals surface area contributed by atoms with Gasteiger partial charge in [-0.15, -0.1) is 0 Å². The van der Waals surface area contributed by atoms with Crippen LogP contribution in [0, 0.1) is 5.92 Å². The van der Waals surface area contributed by atoms with E-state index in [4.69, 9.17) is 11.5 Å². The Labute approximate surface area is 215 Å². The maximum atomic E-state index is 12.9. The topological polar surface area (TPSA) is 234 Å². The minimum Gasteiger partial charge on any atom is -0.508 e. The van der Waals surface area contributed by atoms with Crippen molar-refractivity contribution in [3.05, 3.63) is 29.8 Å². The fourth-order valence-electron chi connectivity index (χ4n) is 3.42. The number of hydrogen-bond donors (Lipinski definition) is 8. The number of phenols is 1. The predicted molar refractivity (Wildman–Crippen MR) is 133 cm³/mol. The summed E-state index contributed by atoms with van der Waals surface area (Å²) >= 11 is 0. The summed E-state index contributed by atoms with van der Waals surface area (Å²) in [6, 6.07) is 0.622. The average Bonchev–Trinajstić information content (AvgIpc) is 2.82. The highest BCUT2D eigenvalue weighted by Crippen LogP contribution is 2.12. The number of aliphatic carboxylic acids is 2. The Morgan fingerprint density at radius 1 is 0.865 bits per heavy atom. The van der Waals surface area contributed by atoms with Gasteiger partial charge in [0.1, 0.15) is 23.9 Å². The maximum Gasteiger partial charge on any atom is 0.326 e. The second-order valence-corrected chi connectivity index (χ2v) is 9.05. The number of carboxylic acids is 2. The number of hydrogen-bond acceptors (Lipinski definition) is 8. The number of carbonyl (C=O) groups is 5. The smallest absolute Gasteiger partial charge is 0.326 e. The van der Waals surface area contributed by atoms with E-state index < -0.39 is 66.2 Å². The van der Waals surface area contributed by atoms with Crippen LogP contribution in [0.25, 0.3) is 0 Å². The van der Waals surface area contributed by atoms with E-state index in [1.54, 1.807) is 13.8 Å². The summed E-state index contributed by atoms with van der Waals surface area (Å²) in [5.74, 6) is -5.65. The van der Waals surface area contributed by atoms with E-state index in [0.717, 1.165) is 0 Å². The first-order chi connectivity index (χ1) is 17.3. The molecule has 0 fully saturated rings. The van der Waals surface area contributed by atoms with Crippen LogP contribution in [-0.4, -0.2) is 75.7 Å². The van der Waals surface area contributed by atoms with Crippen molar-refractivity contribution in [2.24, 2.45) is 17.4 Å². The van der Waals surface area contributed by atoms with Crippen LogP contribution in [0.4, 0.5) is 0 Å². The molecule has 3 amide bonds. The van der Waals surface area contributed by atoms with Crippen LogP contribution >= 0.6 is 0 Å². The number of unbranched alkanes of at least 4 members (excludes halogenated alkanes) is 1. The summed E-state index contributed by atoms with van der Waals surface area (Å²) in [5, 5.41) is 35.3. The number of benzene rings is 1. The minimum atomic E-state index is -1.61. The van der Waals surface area contributed by atoms with Crippen molar-refractivity contribution in [2.45, 2.75) is 70.1 Å². The molecule has 1 aromatic rings. The van der Waals surface area contributed by atoms with Gasteiger partial charge in [-0.1, -0.05) is 32.4 Å². The van der Waals surface area contributed by atoms with Crippen LogP contribution in [0.2, 0.25) is 0 Å². The number of carbonyl (C=O) groups excluding carboxylic acids is 3. The van der Waals surface area contributed by atoms with Crippen LogP contribution in [0.1, 0.15) is 45.1 Å². The number of phenolic OH excluding ortho intramolecular Hbond substituents is 1. The van der Waals surface area contributed by atoms with E-state index in [9.17, 15) is 39.3 Å². The lowest BCUT2D eigenvalue weighted by molar-refractivity contribution is -0.143. The predicted octanol–water partition coefficient (Wildman–Crippen LogP) is -0.939. The lowest BCUT2D eigenvalue weighted by Gasteiger charge is -2.26. The highest BCUT2D eigenvalue weighted by atomic mass is 16.4. The van der Waals surface area contributed by atoms with E-state index >= 15 is 0 Å². The van der Waals surface area contributed by atoms with Crippen molar-refractivity contribution < 1.29 is 39.3 Å². The molecule has 0 spiro atoms. The van der Waals surface area contributed by atoms with Crippen LogP contribution in [0.3, 0.4) is 0 Å². The molecule has 1 rings (SSSR count). The van der Waals surface area contributed by atoms with Crippen LogP contribution < -0.4 is 27.4 Å². The second-order valence-electron chi connectivity index (χ2n) is 9.05. The summed E-state index contributed by atoms with van der Waals surface area (Å²) in [6.07, 6.45) is 0.698. The third kappa shape index (κ3) is 11.3. The molecule has 4 atom stereocenters. The van der Waals surface area contributed by atoms with Crippen LogP contribution in [0.5, 0.6) is 5.75 Å². The molecule has 13 heteroatoms. The molecule has 0 aliphatic rings. The van der Waals surface area contributed by atoms with Gasteiger partial charge in [-0.25, -0.2) is 4.79 Å². The molecule has 0 aromatic heterocycles. The SMILES string of the molecule is CC(C)C(NC(=O)C(N)CCCCN)C(=O)NC(CC(=O)O)C(=O)NC(Cc1ccc(O)cc1)C(=O)O. The molecule has 0 aliphatic heterocycles. The van der Waals surface area contributed by atoms with Gasteiger partial charge in [-0.3, -0.25) is 19.2 Å². The third-order valence-electron chi connectivity index (χ3n) is 5.56. The van der Waals surface area contributed by atoms with Crippen molar-refractivity contribution in [1.82, 2.24) is 16.0 Å². The first kappa shape index (κ1) is 31.3. The number of amides is 3. The quantitative estimate of drug-likeness (QED) is 0.124. The molecule has 4 unspecified atom stereocenters. The molecule has 0 saturated heterocycles. The van der Waals surface area contributed by atoms with Crippen molar-refractivity contribution in [1.29, 1.82) is 0 Å². The van der Waals surface area contributed by atoms with E-state index in [0.29, 0.717) is 31.4 Å². The molecule has 37 heavy (non-hydrogen) atoms. The highest BCUT2D eigenvalue weighted by molar-refractivity contribution is 5.95. The molecule has 0 saturated carbocycles. The van der Waals surface area contributed by atoms with Crippen LogP contribution in [-0.2, 0) is 30.4 Å². The number of rotatable bonds is 16. The zero-order chi connectivity index (χ0) is 28.1. The minimum absolute atomic E-state index is 0.0211. The lowest BCUT2D eigenvalue weighted by Crippen LogP contribution is -2.58. The molecule has 206 valence electrons. The van der Waals surface area contributed by atoms with Gasteiger partial charge in [0.05, 0.1) is 12.5 Å². The molecule has 0 radical (unpaired) electrons. The second kappa shape index (κ2) is 15.4. The number of carboxylic acid groups (broad SMARTS) is 2. The molecule has 13 nitrogen and oxygen atoms in total. The van der Waals surface area contributed by atoms with Crippen molar-refractivity contribution >= 4 is 29.7 Å². The summed E-state index contributed by atoms with van der Waals surface area (Å²) in [6.45, 7) is 3.75. The zero-order valence-corrected chi connectivity index (χ0v) is 21.0. The fourth-order valence-corrected chi connectivity index (χ4v) is 3.42. The molecule has 10 N–H and O–H groups in total. The largest absolute Gasteiger partial charge is 0.508 e. The number of nitrogens with two attached hydrogens (primary N) is 2. The summed E-state index contributed by atoms with van der Waals surface area (Å²) in [7, 11) is 0. The molecule has 0 aliphatic carbocycles. The fraction of sp³-hybridized carbons (Fsp3) is 0.542. The molecule has 0 heterocycles. The Kier molecular flexibility index (Phi) is 13.0. The van der Waals surface area contributed by atoms with E-state index in [1.165, 1.54) is 24.3 Å². The molecular formula is C24H37N5O8. The van der Waals surface area contributed by atoms with E-state index in [1.807, 2.05) is 0 Å². The van der Waals surface area contributed by atoms with Gasteiger partial charge in [0, 0.05) is 6.42 Å². The first-order valence-electron chi connectivity index (χ1n) is 11.9. The molecule has 0 bridgehead atoms. The Morgan fingerprint density at radius 2 is 1.46 bits per heavy atom. The Hall–Kier alpha value is -3.71. The Bertz CT molecular complexity index is 938. The van der Waals surface area contributed by atoms with E-state index in [2.05, 4.69) is 16.0 Å². The normalized spacial score (nSPS) is 14.2. The maximum absolute atomic E-state index is 12.9. The standard InChI is InChI=1S/C24H37N5O8/c1-13(2)20(29-21(33)16(26)5-3-4-10-25)23(35)27-17(12-19(31)32)22(34)28-18(24(36)37)11-14-6-8-15(30)9-7-14/h6-9,13,16-18,20,30H,3-5,10-12,25-26H2,1-2H3,(H,27,35)(H,28,34)(H,29,33)(H,31,32)(H,36,37). The van der Waals surface area contributed by atoms with Gasteiger partial charge in [0.25, 0.3) is 0 Å². The van der Waals surface area contributed by atoms with Gasteiger partial charge in [0.15, 0.2) is 0 Å². The number of nitrogens with one attached hydrogen (secondary N) is 3. The highest BCUT2D eigenvalue weighted by Gasteiger charge is 2.32. The summed E-state index contributed by atoms with van der Waals surface area (Å²) in [5.41, 5.74) is 11.8. The van der Waals surface area contributed by atoms with Gasteiger partial charge in [-0.05, 0) is 43.0 Å². The van der Waals surface area contributed by atoms with Gasteiger partial charge < -0.3 is 42.7 Å². The van der Waals surface area contributed by atoms with Crippen molar-refractivity contribution in [3.63, 3.8) is 0 Å².